The van der Waals surface area contributed by atoms with E-state index in [1.165, 1.54) is 0 Å². The monoisotopic (exact) mass is 341 g/mol. The summed E-state index contributed by atoms with van der Waals surface area (Å²) in [6, 6.07) is 12.1. The second-order valence-corrected chi connectivity index (χ2v) is 7.45. The van der Waals surface area contributed by atoms with Crippen molar-refractivity contribution in [3.8, 4) is 10.4 Å². The van der Waals surface area contributed by atoms with Gasteiger partial charge in [-0.05, 0) is 24.6 Å². The minimum Gasteiger partial charge on any atom is -0.309 e. The Balaban J connectivity index is 1.88. The first kappa shape index (κ1) is 16.9. The zero-order chi connectivity index (χ0) is 17.1. The average Bonchev–Trinajstić information content (AvgIpc) is 3.00. The minimum atomic E-state index is -0.0506. The molecule has 3 aromatic rings. The van der Waals surface area contributed by atoms with Crippen LogP contribution in [0.4, 0.5) is 0 Å². The molecule has 2 aromatic heterocycles. The molecule has 0 aliphatic rings. The number of aromatic amines is 1. The largest absolute Gasteiger partial charge is 0.309 e. The van der Waals surface area contributed by atoms with E-state index in [0.29, 0.717) is 17.8 Å². The maximum Gasteiger partial charge on any atom is 0.259 e. The first-order chi connectivity index (χ1) is 11.6. The van der Waals surface area contributed by atoms with Gasteiger partial charge in [-0.1, -0.05) is 50.6 Å². The van der Waals surface area contributed by atoms with Crippen LogP contribution in [0.15, 0.2) is 41.2 Å². The fraction of sp³-hybridized carbons (Fsp3) is 0.368. The van der Waals surface area contributed by atoms with E-state index in [2.05, 4.69) is 47.9 Å². The van der Waals surface area contributed by atoms with Gasteiger partial charge in [0.1, 0.15) is 10.7 Å². The molecule has 1 atom stereocenters. The molecular weight excluding hydrogens is 318 g/mol. The zero-order valence-electron chi connectivity index (χ0n) is 14.4. The third-order valence-electron chi connectivity index (χ3n) is 4.25. The number of H-pyrrole nitrogens is 1. The first-order valence-electron chi connectivity index (χ1n) is 8.33. The number of fused-ring (bicyclic) bond motifs is 1. The number of aromatic nitrogens is 2. The molecular formula is C19H23N3OS. The van der Waals surface area contributed by atoms with Crippen molar-refractivity contribution in [2.75, 3.05) is 13.6 Å². The topological polar surface area (TPSA) is 49.0 Å². The third kappa shape index (κ3) is 3.74. The Kier molecular flexibility index (Phi) is 5.11. The van der Waals surface area contributed by atoms with Crippen molar-refractivity contribution in [2.24, 2.45) is 5.92 Å². The molecule has 126 valence electrons. The molecule has 0 aliphatic carbocycles. The highest BCUT2D eigenvalue weighted by atomic mass is 32.1. The molecule has 1 aromatic carbocycles. The fourth-order valence-corrected chi connectivity index (χ4v) is 3.83. The Morgan fingerprint density at radius 3 is 2.75 bits per heavy atom. The van der Waals surface area contributed by atoms with Crippen molar-refractivity contribution in [1.82, 2.24) is 14.9 Å². The van der Waals surface area contributed by atoms with Gasteiger partial charge in [-0.2, -0.15) is 0 Å². The van der Waals surface area contributed by atoms with Gasteiger partial charge in [0.05, 0.1) is 11.9 Å². The van der Waals surface area contributed by atoms with Crippen LogP contribution in [0.3, 0.4) is 0 Å². The molecule has 0 spiro atoms. The lowest BCUT2D eigenvalue weighted by atomic mass is 10.1. The standard InChI is InChI=1S/C19H23N3OS/c1-4-13(2)11-22(3)12-17-20-18(23)15-10-16(24-19(15)21-17)14-8-6-5-7-9-14/h5-10,13H,4,11-12H2,1-3H3,(H,20,21,23)/t13-/m0/s1. The molecule has 4 nitrogen and oxygen atoms in total. The Morgan fingerprint density at radius 2 is 2.04 bits per heavy atom. The molecule has 0 saturated heterocycles. The minimum absolute atomic E-state index is 0.0506. The molecule has 0 fully saturated rings. The number of rotatable bonds is 6. The van der Waals surface area contributed by atoms with E-state index in [0.717, 1.165) is 34.1 Å². The molecule has 5 heteroatoms. The maximum absolute atomic E-state index is 12.4. The highest BCUT2D eigenvalue weighted by Gasteiger charge is 2.12. The fourth-order valence-electron chi connectivity index (χ4n) is 2.78. The number of thiophene rings is 1. The molecule has 3 rings (SSSR count). The van der Waals surface area contributed by atoms with Crippen molar-refractivity contribution < 1.29 is 0 Å². The van der Waals surface area contributed by atoms with Gasteiger partial charge < -0.3 is 4.98 Å². The second-order valence-electron chi connectivity index (χ2n) is 6.42. The van der Waals surface area contributed by atoms with Crippen LogP contribution in [0, 0.1) is 5.92 Å². The van der Waals surface area contributed by atoms with E-state index in [9.17, 15) is 4.79 Å². The number of hydrogen-bond donors (Lipinski definition) is 1. The van der Waals surface area contributed by atoms with Gasteiger partial charge in [-0.15, -0.1) is 11.3 Å². The van der Waals surface area contributed by atoms with Crippen molar-refractivity contribution in [3.05, 3.63) is 52.6 Å². The lowest BCUT2D eigenvalue weighted by Gasteiger charge is -2.19. The van der Waals surface area contributed by atoms with Gasteiger partial charge in [0, 0.05) is 11.4 Å². The summed E-state index contributed by atoms with van der Waals surface area (Å²) in [5.41, 5.74) is 1.07. The maximum atomic E-state index is 12.4. The van der Waals surface area contributed by atoms with E-state index < -0.39 is 0 Å². The van der Waals surface area contributed by atoms with Crippen LogP contribution in [0.2, 0.25) is 0 Å². The highest BCUT2D eigenvalue weighted by molar-refractivity contribution is 7.21. The normalized spacial score (nSPS) is 12.8. The molecule has 24 heavy (non-hydrogen) atoms. The van der Waals surface area contributed by atoms with Gasteiger partial charge in [-0.3, -0.25) is 9.69 Å². The number of nitrogens with zero attached hydrogens (tertiary/aromatic N) is 2. The quantitative estimate of drug-likeness (QED) is 0.733. The summed E-state index contributed by atoms with van der Waals surface area (Å²) in [6.45, 7) is 6.09. The molecule has 0 saturated carbocycles. The van der Waals surface area contributed by atoms with Crippen LogP contribution < -0.4 is 5.56 Å². The van der Waals surface area contributed by atoms with E-state index in [4.69, 9.17) is 0 Å². The SMILES string of the molecule is CC[C@H](C)CN(C)Cc1nc2sc(-c3ccccc3)cc2c(=O)[nH]1. The molecule has 0 unspecified atom stereocenters. The molecule has 1 N–H and O–H groups in total. The molecule has 2 heterocycles. The summed E-state index contributed by atoms with van der Waals surface area (Å²) < 4.78 is 0. The predicted molar refractivity (Wildman–Crippen MR) is 101 cm³/mol. The van der Waals surface area contributed by atoms with Gasteiger partial charge in [0.2, 0.25) is 0 Å². The summed E-state index contributed by atoms with van der Waals surface area (Å²) in [6.07, 6.45) is 1.15. The zero-order valence-corrected chi connectivity index (χ0v) is 15.2. The molecule has 0 amide bonds. The molecule has 0 bridgehead atoms. The smallest absolute Gasteiger partial charge is 0.259 e. The van der Waals surface area contributed by atoms with Gasteiger partial charge in [0.15, 0.2) is 0 Å². The van der Waals surface area contributed by atoms with Gasteiger partial charge in [0.25, 0.3) is 5.56 Å². The van der Waals surface area contributed by atoms with Gasteiger partial charge in [-0.25, -0.2) is 4.98 Å². The average molecular weight is 341 g/mol. The van der Waals surface area contributed by atoms with E-state index >= 15 is 0 Å². The van der Waals surface area contributed by atoms with Gasteiger partial charge >= 0.3 is 0 Å². The van der Waals surface area contributed by atoms with Crippen molar-refractivity contribution in [1.29, 1.82) is 0 Å². The molecule has 0 aliphatic heterocycles. The first-order valence-corrected chi connectivity index (χ1v) is 9.15. The summed E-state index contributed by atoms with van der Waals surface area (Å²) in [7, 11) is 2.07. The predicted octanol–water partition coefficient (Wildman–Crippen LogP) is 4.13. The van der Waals surface area contributed by atoms with Crippen LogP contribution in [0.25, 0.3) is 20.7 Å². The van der Waals surface area contributed by atoms with Crippen LogP contribution >= 0.6 is 11.3 Å². The number of hydrogen-bond acceptors (Lipinski definition) is 4. The lowest BCUT2D eigenvalue weighted by molar-refractivity contribution is 0.269. The van der Waals surface area contributed by atoms with Crippen molar-refractivity contribution in [3.63, 3.8) is 0 Å². The molecule has 0 radical (unpaired) electrons. The van der Waals surface area contributed by atoms with Crippen LogP contribution in [-0.4, -0.2) is 28.5 Å². The van der Waals surface area contributed by atoms with Crippen molar-refractivity contribution >= 4 is 21.6 Å². The van der Waals surface area contributed by atoms with Crippen LogP contribution in [0.1, 0.15) is 26.1 Å². The number of nitrogens with one attached hydrogen (secondary N) is 1. The van der Waals surface area contributed by atoms with E-state index in [-0.39, 0.29) is 5.56 Å². The van der Waals surface area contributed by atoms with Crippen LogP contribution in [0.5, 0.6) is 0 Å². The highest BCUT2D eigenvalue weighted by Crippen LogP contribution is 2.30. The van der Waals surface area contributed by atoms with Crippen molar-refractivity contribution in [2.45, 2.75) is 26.8 Å². The van der Waals surface area contributed by atoms with Crippen LogP contribution in [-0.2, 0) is 6.54 Å². The summed E-state index contributed by atoms with van der Waals surface area (Å²) in [5, 5.41) is 0.673. The Labute approximate surface area is 146 Å². The third-order valence-corrected chi connectivity index (χ3v) is 5.33. The summed E-state index contributed by atoms with van der Waals surface area (Å²) in [5.74, 6) is 1.37. The second kappa shape index (κ2) is 7.28. The Hall–Kier alpha value is -1.98. The Morgan fingerprint density at radius 1 is 1.29 bits per heavy atom. The number of benzene rings is 1. The Bertz CT molecular complexity index is 869. The lowest BCUT2D eigenvalue weighted by Crippen LogP contribution is -2.26. The summed E-state index contributed by atoms with van der Waals surface area (Å²) >= 11 is 1.57. The van der Waals surface area contributed by atoms with E-state index in [1.54, 1.807) is 11.3 Å². The summed E-state index contributed by atoms with van der Waals surface area (Å²) in [4.78, 5) is 24.1. The van der Waals surface area contributed by atoms with E-state index in [1.807, 2.05) is 24.3 Å².